The molecule has 0 saturated carbocycles. The van der Waals surface area contributed by atoms with Crippen LogP contribution in [0.3, 0.4) is 0 Å². The van der Waals surface area contributed by atoms with Gasteiger partial charge in [-0.15, -0.1) is 0 Å². The molecule has 7 nitrogen and oxygen atoms in total. The highest BCUT2D eigenvalue weighted by Gasteiger charge is 2.23. The Labute approximate surface area is 193 Å². The van der Waals surface area contributed by atoms with Crippen molar-refractivity contribution in [2.24, 2.45) is 7.05 Å². The molecular formula is C24H28ClN5O2. The van der Waals surface area contributed by atoms with Gasteiger partial charge in [0.05, 0.1) is 17.6 Å². The van der Waals surface area contributed by atoms with Gasteiger partial charge in [0.25, 0.3) is 5.91 Å². The summed E-state index contributed by atoms with van der Waals surface area (Å²) in [7, 11) is 2.01. The number of carbonyl (C=O) groups is 2. The van der Waals surface area contributed by atoms with Crippen molar-refractivity contribution < 1.29 is 9.59 Å². The second-order valence-corrected chi connectivity index (χ2v) is 8.60. The second kappa shape index (κ2) is 9.71. The minimum atomic E-state index is 0.0222. The molecule has 0 unspecified atom stereocenters. The summed E-state index contributed by atoms with van der Waals surface area (Å²) in [4.78, 5) is 33.6. The summed E-state index contributed by atoms with van der Waals surface area (Å²) >= 11 is 5.93. The number of benzene rings is 2. The lowest BCUT2D eigenvalue weighted by atomic mass is 10.2. The lowest BCUT2D eigenvalue weighted by Crippen LogP contribution is -2.48. The Hall–Kier alpha value is -2.90. The van der Waals surface area contributed by atoms with Gasteiger partial charge in [0.1, 0.15) is 5.82 Å². The minimum Gasteiger partial charge on any atom is -0.336 e. The third kappa shape index (κ3) is 4.95. The third-order valence-corrected chi connectivity index (χ3v) is 6.10. The first-order chi connectivity index (χ1) is 15.4. The predicted octanol–water partition coefficient (Wildman–Crippen LogP) is 3.92. The Bertz CT molecular complexity index is 1120. The van der Waals surface area contributed by atoms with E-state index in [1.54, 1.807) is 24.3 Å². The van der Waals surface area contributed by atoms with Gasteiger partial charge in [0, 0.05) is 55.9 Å². The van der Waals surface area contributed by atoms with Crippen LogP contribution in [-0.2, 0) is 18.4 Å². The predicted molar refractivity (Wildman–Crippen MR) is 127 cm³/mol. The smallest absolute Gasteiger partial charge is 0.253 e. The lowest BCUT2D eigenvalue weighted by molar-refractivity contribution is -0.116. The molecule has 1 saturated heterocycles. The molecule has 0 atom stereocenters. The molecule has 168 valence electrons. The van der Waals surface area contributed by atoms with Crippen molar-refractivity contribution in [3.05, 3.63) is 58.9 Å². The molecule has 0 aliphatic carbocycles. The number of hydrogen-bond acceptors (Lipinski definition) is 4. The van der Waals surface area contributed by atoms with Crippen LogP contribution in [0.4, 0.5) is 5.69 Å². The molecule has 0 radical (unpaired) electrons. The van der Waals surface area contributed by atoms with Crippen LogP contribution < -0.4 is 5.32 Å². The molecule has 0 spiro atoms. The second-order valence-electron chi connectivity index (χ2n) is 8.16. The number of rotatable bonds is 6. The Morgan fingerprint density at radius 2 is 1.78 bits per heavy atom. The highest BCUT2D eigenvalue weighted by Crippen LogP contribution is 2.21. The zero-order valence-electron chi connectivity index (χ0n) is 18.5. The van der Waals surface area contributed by atoms with E-state index in [0.717, 1.165) is 42.1 Å². The number of aryl methyl sites for hydroxylation is 1. The van der Waals surface area contributed by atoms with E-state index in [1.807, 2.05) is 37.1 Å². The van der Waals surface area contributed by atoms with E-state index >= 15 is 0 Å². The van der Waals surface area contributed by atoms with Crippen LogP contribution in [0.2, 0.25) is 5.02 Å². The number of carbonyl (C=O) groups excluding carboxylic acids is 2. The van der Waals surface area contributed by atoms with Crippen molar-refractivity contribution in [3.8, 4) is 0 Å². The van der Waals surface area contributed by atoms with Crippen LogP contribution in [0, 0.1) is 0 Å². The first-order valence-corrected chi connectivity index (χ1v) is 11.3. The molecule has 32 heavy (non-hydrogen) atoms. The van der Waals surface area contributed by atoms with E-state index in [2.05, 4.69) is 14.8 Å². The molecule has 2 amide bonds. The van der Waals surface area contributed by atoms with E-state index in [0.29, 0.717) is 36.6 Å². The maximum atomic E-state index is 12.7. The van der Waals surface area contributed by atoms with Crippen LogP contribution in [-0.4, -0.2) is 57.3 Å². The average Bonchev–Trinajstić information content (AvgIpc) is 3.09. The first kappa shape index (κ1) is 22.3. The maximum Gasteiger partial charge on any atom is 0.253 e. The average molecular weight is 454 g/mol. The molecule has 2 aromatic carbocycles. The maximum absolute atomic E-state index is 12.7. The SMILES string of the molecule is CCCC(=O)Nc1ccc2c(c1)nc(CN1CCN(C(=O)c3ccc(Cl)cc3)CC1)n2C. The molecule has 0 bridgehead atoms. The molecule has 4 rings (SSSR count). The summed E-state index contributed by atoms with van der Waals surface area (Å²) in [6, 6.07) is 12.9. The van der Waals surface area contributed by atoms with Gasteiger partial charge in [-0.25, -0.2) is 4.98 Å². The number of anilines is 1. The van der Waals surface area contributed by atoms with Gasteiger partial charge in [-0.3, -0.25) is 14.5 Å². The molecule has 1 aliphatic heterocycles. The van der Waals surface area contributed by atoms with E-state index in [4.69, 9.17) is 16.6 Å². The summed E-state index contributed by atoms with van der Waals surface area (Å²) in [6.07, 6.45) is 1.33. The molecule has 8 heteroatoms. The van der Waals surface area contributed by atoms with E-state index < -0.39 is 0 Å². The Morgan fingerprint density at radius 3 is 2.47 bits per heavy atom. The van der Waals surface area contributed by atoms with E-state index in [-0.39, 0.29) is 11.8 Å². The summed E-state index contributed by atoms with van der Waals surface area (Å²) in [5.74, 6) is 1.03. The van der Waals surface area contributed by atoms with Crippen LogP contribution in [0.1, 0.15) is 35.9 Å². The van der Waals surface area contributed by atoms with Gasteiger partial charge in [0.2, 0.25) is 5.91 Å². The van der Waals surface area contributed by atoms with Crippen molar-refractivity contribution in [1.29, 1.82) is 0 Å². The van der Waals surface area contributed by atoms with Crippen molar-refractivity contribution in [2.75, 3.05) is 31.5 Å². The number of imidazole rings is 1. The lowest BCUT2D eigenvalue weighted by Gasteiger charge is -2.34. The van der Waals surface area contributed by atoms with E-state index in [1.165, 1.54) is 0 Å². The van der Waals surface area contributed by atoms with Crippen LogP contribution in [0.15, 0.2) is 42.5 Å². The van der Waals surface area contributed by atoms with Crippen molar-refractivity contribution in [2.45, 2.75) is 26.3 Å². The summed E-state index contributed by atoms with van der Waals surface area (Å²) in [5.41, 5.74) is 3.34. The van der Waals surface area contributed by atoms with Gasteiger partial charge in [-0.1, -0.05) is 18.5 Å². The van der Waals surface area contributed by atoms with Crippen LogP contribution >= 0.6 is 11.6 Å². The quantitative estimate of drug-likeness (QED) is 0.614. The van der Waals surface area contributed by atoms with Crippen molar-refractivity contribution in [3.63, 3.8) is 0 Å². The molecular weight excluding hydrogens is 426 g/mol. The summed E-state index contributed by atoms with van der Waals surface area (Å²) < 4.78 is 2.10. The van der Waals surface area contributed by atoms with Gasteiger partial charge in [-0.2, -0.15) is 0 Å². The molecule has 1 N–H and O–H groups in total. The fraction of sp³-hybridized carbons (Fsp3) is 0.375. The number of aromatic nitrogens is 2. The number of nitrogens with zero attached hydrogens (tertiary/aromatic N) is 4. The van der Waals surface area contributed by atoms with Crippen molar-refractivity contribution >= 4 is 40.1 Å². The standard InChI is InChI=1S/C24H28ClN5O2/c1-3-4-23(31)26-19-9-10-21-20(15-19)27-22(28(21)2)16-29-11-13-30(14-12-29)24(32)17-5-7-18(25)8-6-17/h5-10,15H,3-4,11-14,16H2,1-2H3,(H,26,31). The Kier molecular flexibility index (Phi) is 6.77. The fourth-order valence-electron chi connectivity index (χ4n) is 4.00. The van der Waals surface area contributed by atoms with Crippen LogP contribution in [0.25, 0.3) is 11.0 Å². The summed E-state index contributed by atoms with van der Waals surface area (Å²) in [6.45, 7) is 5.65. The molecule has 1 aromatic heterocycles. The number of hydrogen-bond donors (Lipinski definition) is 1. The highest BCUT2D eigenvalue weighted by molar-refractivity contribution is 6.30. The normalized spacial score (nSPS) is 14.7. The highest BCUT2D eigenvalue weighted by atomic mass is 35.5. The van der Waals surface area contributed by atoms with Gasteiger partial charge in [-0.05, 0) is 48.9 Å². The molecule has 2 heterocycles. The van der Waals surface area contributed by atoms with Gasteiger partial charge < -0.3 is 14.8 Å². The number of piperazine rings is 1. The Balaban J connectivity index is 1.38. The van der Waals surface area contributed by atoms with Gasteiger partial charge in [0.15, 0.2) is 0 Å². The largest absolute Gasteiger partial charge is 0.336 e. The monoisotopic (exact) mass is 453 g/mol. The van der Waals surface area contributed by atoms with Crippen LogP contribution in [0.5, 0.6) is 0 Å². The van der Waals surface area contributed by atoms with E-state index in [9.17, 15) is 9.59 Å². The fourth-order valence-corrected chi connectivity index (χ4v) is 4.13. The first-order valence-electron chi connectivity index (χ1n) is 11.0. The zero-order valence-corrected chi connectivity index (χ0v) is 19.2. The number of nitrogens with one attached hydrogen (secondary N) is 1. The molecule has 3 aromatic rings. The summed E-state index contributed by atoms with van der Waals surface area (Å²) in [5, 5.41) is 3.56. The number of halogens is 1. The zero-order chi connectivity index (χ0) is 22.7. The number of fused-ring (bicyclic) bond motifs is 1. The third-order valence-electron chi connectivity index (χ3n) is 5.85. The van der Waals surface area contributed by atoms with Crippen molar-refractivity contribution in [1.82, 2.24) is 19.4 Å². The minimum absolute atomic E-state index is 0.0222. The topological polar surface area (TPSA) is 70.5 Å². The molecule has 1 aliphatic rings. The Morgan fingerprint density at radius 1 is 1.06 bits per heavy atom. The number of amides is 2. The molecule has 1 fully saturated rings. The van der Waals surface area contributed by atoms with Gasteiger partial charge >= 0.3 is 0 Å².